The van der Waals surface area contributed by atoms with Gasteiger partial charge in [-0.25, -0.2) is 0 Å². The second kappa shape index (κ2) is 9.83. The Morgan fingerprint density at radius 1 is 0.773 bits per heavy atom. The fourth-order valence-electron chi connectivity index (χ4n) is 2.36. The third-order valence-corrected chi connectivity index (χ3v) is 3.64. The molecular formula is C21H26O. The van der Waals surface area contributed by atoms with E-state index in [4.69, 9.17) is 4.74 Å². The van der Waals surface area contributed by atoms with Crippen molar-refractivity contribution in [3.63, 3.8) is 0 Å². The van der Waals surface area contributed by atoms with Gasteiger partial charge in [-0.05, 0) is 29.7 Å². The molecule has 0 aliphatic heterocycles. The molecule has 2 rings (SSSR count). The standard InChI is InChI=1S/C21H26O/c1-2-3-4-5-9-17-22-21-14-10-13-20(18-21)16-15-19-11-7-6-8-12-19/h6-8,10-16,18H,2-5,9,17H2,1H3. The summed E-state index contributed by atoms with van der Waals surface area (Å²) >= 11 is 0. The molecule has 1 nitrogen and oxygen atoms in total. The van der Waals surface area contributed by atoms with E-state index in [1.807, 2.05) is 12.1 Å². The first-order valence-corrected chi connectivity index (χ1v) is 8.34. The van der Waals surface area contributed by atoms with Crippen LogP contribution in [0.2, 0.25) is 0 Å². The summed E-state index contributed by atoms with van der Waals surface area (Å²) in [6.45, 7) is 3.06. The Morgan fingerprint density at radius 3 is 2.32 bits per heavy atom. The van der Waals surface area contributed by atoms with Crippen molar-refractivity contribution >= 4 is 12.2 Å². The zero-order valence-electron chi connectivity index (χ0n) is 13.5. The summed E-state index contributed by atoms with van der Waals surface area (Å²) < 4.78 is 5.85. The number of benzene rings is 2. The van der Waals surface area contributed by atoms with E-state index < -0.39 is 0 Å². The molecule has 2 aromatic carbocycles. The van der Waals surface area contributed by atoms with Crippen molar-refractivity contribution in [2.24, 2.45) is 0 Å². The quantitative estimate of drug-likeness (QED) is 0.395. The first-order valence-electron chi connectivity index (χ1n) is 8.34. The maximum Gasteiger partial charge on any atom is 0.119 e. The number of hydrogen-bond acceptors (Lipinski definition) is 1. The number of hydrogen-bond donors (Lipinski definition) is 0. The van der Waals surface area contributed by atoms with Gasteiger partial charge in [0.1, 0.15) is 5.75 Å². The molecule has 0 saturated heterocycles. The average molecular weight is 294 g/mol. The molecule has 1 heteroatoms. The van der Waals surface area contributed by atoms with Gasteiger partial charge in [0.2, 0.25) is 0 Å². The Labute approximate surface area is 134 Å². The molecule has 0 fully saturated rings. The van der Waals surface area contributed by atoms with Crippen molar-refractivity contribution in [2.75, 3.05) is 6.61 Å². The van der Waals surface area contributed by atoms with Crippen molar-refractivity contribution < 1.29 is 4.74 Å². The predicted molar refractivity (Wildman–Crippen MR) is 96.1 cm³/mol. The van der Waals surface area contributed by atoms with Gasteiger partial charge in [0.25, 0.3) is 0 Å². The molecule has 0 spiro atoms. The minimum absolute atomic E-state index is 0.815. The smallest absolute Gasteiger partial charge is 0.119 e. The van der Waals surface area contributed by atoms with Crippen LogP contribution in [0.15, 0.2) is 54.6 Å². The van der Waals surface area contributed by atoms with Crippen LogP contribution in [0.25, 0.3) is 12.2 Å². The normalized spacial score (nSPS) is 11.0. The van der Waals surface area contributed by atoms with Crippen LogP contribution in [-0.4, -0.2) is 6.61 Å². The van der Waals surface area contributed by atoms with Crippen LogP contribution in [0.4, 0.5) is 0 Å². The van der Waals surface area contributed by atoms with E-state index in [1.165, 1.54) is 36.8 Å². The monoisotopic (exact) mass is 294 g/mol. The summed E-state index contributed by atoms with van der Waals surface area (Å²) in [5.41, 5.74) is 2.39. The molecule has 0 aliphatic carbocycles. The molecule has 0 unspecified atom stereocenters. The summed E-state index contributed by atoms with van der Waals surface area (Å²) in [6.07, 6.45) is 10.6. The number of rotatable bonds is 9. The summed E-state index contributed by atoms with van der Waals surface area (Å²) in [7, 11) is 0. The van der Waals surface area contributed by atoms with Crippen molar-refractivity contribution in [1.29, 1.82) is 0 Å². The van der Waals surface area contributed by atoms with E-state index in [0.29, 0.717) is 0 Å². The number of ether oxygens (including phenoxy) is 1. The van der Waals surface area contributed by atoms with Gasteiger partial charge in [-0.3, -0.25) is 0 Å². The van der Waals surface area contributed by atoms with Crippen molar-refractivity contribution in [1.82, 2.24) is 0 Å². The van der Waals surface area contributed by atoms with E-state index >= 15 is 0 Å². The van der Waals surface area contributed by atoms with Crippen LogP contribution in [0.1, 0.15) is 50.2 Å². The third kappa shape index (κ3) is 6.17. The van der Waals surface area contributed by atoms with E-state index in [2.05, 4.69) is 61.5 Å². The van der Waals surface area contributed by atoms with Crippen LogP contribution in [0.5, 0.6) is 5.75 Å². The van der Waals surface area contributed by atoms with E-state index in [0.717, 1.165) is 18.8 Å². The molecule has 0 atom stereocenters. The van der Waals surface area contributed by atoms with Gasteiger partial charge in [0.05, 0.1) is 6.61 Å². The molecule has 0 N–H and O–H groups in total. The van der Waals surface area contributed by atoms with Gasteiger partial charge in [-0.2, -0.15) is 0 Å². The Balaban J connectivity index is 1.81. The van der Waals surface area contributed by atoms with Crippen LogP contribution in [0, 0.1) is 0 Å². The lowest BCUT2D eigenvalue weighted by molar-refractivity contribution is 0.304. The highest BCUT2D eigenvalue weighted by Crippen LogP contribution is 2.16. The second-order valence-corrected chi connectivity index (χ2v) is 5.58. The molecule has 0 amide bonds. The Bertz CT molecular complexity index is 557. The van der Waals surface area contributed by atoms with Gasteiger partial charge in [0.15, 0.2) is 0 Å². The molecule has 0 bridgehead atoms. The van der Waals surface area contributed by atoms with E-state index in [-0.39, 0.29) is 0 Å². The van der Waals surface area contributed by atoms with Gasteiger partial charge in [-0.1, -0.05) is 87.2 Å². The topological polar surface area (TPSA) is 9.23 Å². The fraction of sp³-hybridized carbons (Fsp3) is 0.333. The molecule has 22 heavy (non-hydrogen) atoms. The Hall–Kier alpha value is -2.02. The van der Waals surface area contributed by atoms with Crippen LogP contribution >= 0.6 is 0 Å². The molecule has 2 aromatic rings. The minimum Gasteiger partial charge on any atom is -0.494 e. The van der Waals surface area contributed by atoms with Gasteiger partial charge in [-0.15, -0.1) is 0 Å². The highest BCUT2D eigenvalue weighted by Gasteiger charge is 1.95. The first-order chi connectivity index (χ1) is 10.9. The van der Waals surface area contributed by atoms with Crippen molar-refractivity contribution in [2.45, 2.75) is 39.0 Å². The highest BCUT2D eigenvalue weighted by molar-refractivity contribution is 5.70. The largest absolute Gasteiger partial charge is 0.494 e. The van der Waals surface area contributed by atoms with Gasteiger partial charge < -0.3 is 4.74 Å². The number of unbranched alkanes of at least 4 members (excludes halogenated alkanes) is 4. The van der Waals surface area contributed by atoms with Gasteiger partial charge >= 0.3 is 0 Å². The zero-order chi connectivity index (χ0) is 15.5. The van der Waals surface area contributed by atoms with Crippen LogP contribution < -0.4 is 4.74 Å². The lowest BCUT2D eigenvalue weighted by atomic mass is 10.1. The summed E-state index contributed by atoms with van der Waals surface area (Å²) in [6, 6.07) is 18.6. The maximum atomic E-state index is 5.85. The van der Waals surface area contributed by atoms with Crippen LogP contribution in [-0.2, 0) is 0 Å². The molecule has 0 radical (unpaired) electrons. The average Bonchev–Trinajstić information content (AvgIpc) is 2.57. The van der Waals surface area contributed by atoms with Crippen molar-refractivity contribution in [3.05, 3.63) is 65.7 Å². The molecule has 0 heterocycles. The molecule has 0 aromatic heterocycles. The molecule has 0 saturated carbocycles. The van der Waals surface area contributed by atoms with Gasteiger partial charge in [0, 0.05) is 0 Å². The van der Waals surface area contributed by atoms with Crippen molar-refractivity contribution in [3.8, 4) is 5.75 Å². The van der Waals surface area contributed by atoms with Crippen LogP contribution in [0.3, 0.4) is 0 Å². The van der Waals surface area contributed by atoms with E-state index in [9.17, 15) is 0 Å². The summed E-state index contributed by atoms with van der Waals surface area (Å²) in [5, 5.41) is 0. The lowest BCUT2D eigenvalue weighted by Crippen LogP contribution is -1.97. The predicted octanol–water partition coefficient (Wildman–Crippen LogP) is 6.21. The maximum absolute atomic E-state index is 5.85. The zero-order valence-corrected chi connectivity index (χ0v) is 13.5. The molecular weight excluding hydrogens is 268 g/mol. The molecule has 0 aliphatic rings. The first kappa shape index (κ1) is 16.4. The lowest BCUT2D eigenvalue weighted by Gasteiger charge is -2.06. The summed E-state index contributed by atoms with van der Waals surface area (Å²) in [5.74, 6) is 0.964. The third-order valence-electron chi connectivity index (χ3n) is 3.64. The highest BCUT2D eigenvalue weighted by atomic mass is 16.5. The Morgan fingerprint density at radius 2 is 1.50 bits per heavy atom. The molecule has 116 valence electrons. The van der Waals surface area contributed by atoms with E-state index in [1.54, 1.807) is 0 Å². The SMILES string of the molecule is CCCCCCCOc1cccc(C=Cc2ccccc2)c1. The fourth-order valence-corrected chi connectivity index (χ4v) is 2.36. The Kier molecular flexibility index (Phi) is 7.31. The summed E-state index contributed by atoms with van der Waals surface area (Å²) in [4.78, 5) is 0. The minimum atomic E-state index is 0.815. The second-order valence-electron chi connectivity index (χ2n) is 5.58.